The lowest BCUT2D eigenvalue weighted by Gasteiger charge is -2.28. The Morgan fingerprint density at radius 3 is 1.65 bits per heavy atom. The van der Waals surface area contributed by atoms with Crippen molar-refractivity contribution in [3.05, 3.63) is 94.7 Å². The number of nitrogens with two attached hydrogens (primary N) is 1. The molecule has 342 valence electrons. The molecule has 0 bridgehead atoms. The summed E-state index contributed by atoms with van der Waals surface area (Å²) >= 11 is 0. The minimum Gasteiger partial charge on any atom is -0.358 e. The number of nitrogens with zero attached hydrogens (tertiary/aromatic N) is 3. The SMILES string of the molecule is CN(C)C1CCC(=O)CC1.CNC(=O)c1ccc(NN)cc1.CNC(=O)c1ccc(NN=C2CCC(C(C)C)CC2)cc1.CNC(=O)c1ccc2[nH]c3c(c2c1)CC(N(C)C)CC3. The summed E-state index contributed by atoms with van der Waals surface area (Å²) in [4.78, 5) is 53.1. The number of likely N-dealkylation sites (N-methyl/N-ethyl adjacent to an activating group) is 1. The second kappa shape index (κ2) is 24.9. The number of amides is 3. The molecule has 0 spiro atoms. The summed E-state index contributed by atoms with van der Waals surface area (Å²) in [6.45, 7) is 4.61. The number of hydrogen-bond donors (Lipinski definition) is 7. The Balaban J connectivity index is 0.000000193. The van der Waals surface area contributed by atoms with Crippen LogP contribution in [0.5, 0.6) is 0 Å². The number of Topliss-reactive ketones (excluding diaryl/α,β-unsaturated/α-hetero) is 1. The summed E-state index contributed by atoms with van der Waals surface area (Å²) < 4.78 is 0. The van der Waals surface area contributed by atoms with Gasteiger partial charge in [0.2, 0.25) is 0 Å². The predicted octanol–water partition coefficient (Wildman–Crippen LogP) is 7.00. The van der Waals surface area contributed by atoms with E-state index in [1.807, 2.05) is 30.3 Å². The van der Waals surface area contributed by atoms with Crippen LogP contribution in [0.4, 0.5) is 11.4 Å². The number of hydrogen-bond acceptors (Lipinski definition) is 10. The largest absolute Gasteiger partial charge is 0.358 e. The first-order chi connectivity index (χ1) is 30.2. The predicted molar refractivity (Wildman–Crippen MR) is 257 cm³/mol. The van der Waals surface area contributed by atoms with Crippen LogP contribution in [0.3, 0.4) is 0 Å². The summed E-state index contributed by atoms with van der Waals surface area (Å²) in [5.41, 5.74) is 14.4. The molecule has 4 aromatic rings. The molecule has 0 aliphatic heterocycles. The number of hydrazine groups is 1. The Morgan fingerprint density at radius 2 is 1.16 bits per heavy atom. The van der Waals surface area contributed by atoms with Gasteiger partial charge in [0.15, 0.2) is 0 Å². The van der Waals surface area contributed by atoms with Gasteiger partial charge >= 0.3 is 0 Å². The minimum absolute atomic E-state index is 0.0261. The molecule has 1 atom stereocenters. The van der Waals surface area contributed by atoms with E-state index < -0.39 is 0 Å². The topological polar surface area (TPSA) is 189 Å². The number of nitrogen functional groups attached to an aromatic ring is 1. The average Bonchev–Trinajstić information content (AvgIpc) is 3.68. The van der Waals surface area contributed by atoms with Crippen molar-refractivity contribution in [2.45, 2.75) is 96.6 Å². The van der Waals surface area contributed by atoms with Crippen LogP contribution >= 0.6 is 0 Å². The summed E-state index contributed by atoms with van der Waals surface area (Å²) in [6.07, 6.45) is 11.7. The number of carbonyl (C=O) groups is 4. The monoisotopic (exact) mass is 865 g/mol. The Hall–Kier alpha value is -5.57. The van der Waals surface area contributed by atoms with E-state index in [0.29, 0.717) is 29.0 Å². The van der Waals surface area contributed by atoms with Crippen LogP contribution in [0, 0.1) is 11.8 Å². The number of anilines is 2. The van der Waals surface area contributed by atoms with E-state index in [1.54, 1.807) is 57.5 Å². The number of carbonyl (C=O) groups excluding carboxylic acids is 4. The van der Waals surface area contributed by atoms with Crippen LogP contribution in [-0.2, 0) is 17.6 Å². The molecule has 14 heteroatoms. The fourth-order valence-corrected chi connectivity index (χ4v) is 8.16. The van der Waals surface area contributed by atoms with Gasteiger partial charge in [-0.1, -0.05) is 13.8 Å². The number of H-pyrrole nitrogens is 1. The molecule has 3 aliphatic carbocycles. The zero-order valence-electron chi connectivity index (χ0n) is 39.0. The molecular weight excluding hydrogens is 793 g/mol. The van der Waals surface area contributed by atoms with Crippen molar-refractivity contribution in [1.82, 2.24) is 30.7 Å². The normalized spacial score (nSPS) is 17.2. The van der Waals surface area contributed by atoms with Gasteiger partial charge in [0.25, 0.3) is 17.7 Å². The first-order valence-corrected chi connectivity index (χ1v) is 22.3. The molecule has 0 radical (unpaired) electrons. The van der Waals surface area contributed by atoms with E-state index in [0.717, 1.165) is 85.7 Å². The molecule has 8 N–H and O–H groups in total. The number of fused-ring (bicyclic) bond motifs is 3. The second-order valence-electron chi connectivity index (χ2n) is 17.3. The van der Waals surface area contributed by atoms with Gasteiger partial charge in [-0.05, 0) is 170 Å². The highest BCUT2D eigenvalue weighted by Gasteiger charge is 2.24. The van der Waals surface area contributed by atoms with Crippen molar-refractivity contribution in [3.8, 4) is 0 Å². The maximum atomic E-state index is 11.8. The smallest absolute Gasteiger partial charge is 0.251 e. The number of aryl methyl sites for hydroxylation is 1. The number of rotatable bonds is 9. The fourth-order valence-electron chi connectivity index (χ4n) is 8.16. The Kier molecular flexibility index (Phi) is 19.8. The van der Waals surface area contributed by atoms with E-state index in [4.69, 9.17) is 5.84 Å². The Morgan fingerprint density at radius 1 is 0.667 bits per heavy atom. The highest BCUT2D eigenvalue weighted by molar-refractivity contribution is 5.99. The third-order valence-electron chi connectivity index (χ3n) is 12.4. The van der Waals surface area contributed by atoms with Gasteiger partial charge in [-0.2, -0.15) is 5.10 Å². The van der Waals surface area contributed by atoms with E-state index in [2.05, 4.69) is 88.7 Å². The second-order valence-corrected chi connectivity index (χ2v) is 17.3. The molecule has 63 heavy (non-hydrogen) atoms. The van der Waals surface area contributed by atoms with Crippen LogP contribution in [0.15, 0.2) is 71.8 Å². The quantitative estimate of drug-likeness (QED) is 0.0687. The van der Waals surface area contributed by atoms with Crippen molar-refractivity contribution < 1.29 is 19.2 Å². The molecule has 1 unspecified atom stereocenters. The van der Waals surface area contributed by atoms with Crippen LogP contribution in [0.2, 0.25) is 0 Å². The number of ketones is 1. The van der Waals surface area contributed by atoms with Gasteiger partial charge in [-0.15, -0.1) is 0 Å². The molecule has 7 rings (SSSR count). The molecule has 2 saturated carbocycles. The molecular formula is C49H72N10O4. The molecule has 1 heterocycles. The third kappa shape index (κ3) is 15.0. The van der Waals surface area contributed by atoms with Crippen molar-refractivity contribution in [3.63, 3.8) is 0 Å². The molecule has 3 aliphatic rings. The lowest BCUT2D eigenvalue weighted by Crippen LogP contribution is -2.33. The molecule has 14 nitrogen and oxygen atoms in total. The zero-order valence-corrected chi connectivity index (χ0v) is 39.0. The molecule has 2 fully saturated rings. The maximum Gasteiger partial charge on any atom is 0.251 e. The van der Waals surface area contributed by atoms with Crippen LogP contribution < -0.4 is 32.6 Å². The summed E-state index contributed by atoms with van der Waals surface area (Å²) in [5.74, 6) is 7.02. The van der Waals surface area contributed by atoms with Crippen molar-refractivity contribution in [2.24, 2.45) is 22.8 Å². The van der Waals surface area contributed by atoms with Crippen LogP contribution in [0.25, 0.3) is 10.9 Å². The van der Waals surface area contributed by atoms with Gasteiger partial charge in [0.05, 0.1) is 5.69 Å². The number of aromatic nitrogens is 1. The zero-order chi connectivity index (χ0) is 46.1. The van der Waals surface area contributed by atoms with Crippen LogP contribution in [0.1, 0.15) is 114 Å². The first-order valence-electron chi connectivity index (χ1n) is 22.3. The molecule has 3 amide bonds. The number of nitrogens with one attached hydrogen (secondary N) is 6. The first kappa shape index (κ1) is 50.1. The van der Waals surface area contributed by atoms with Crippen molar-refractivity contribution >= 4 is 51.5 Å². The fraction of sp³-hybridized carbons (Fsp3) is 0.490. The third-order valence-corrected chi connectivity index (χ3v) is 12.4. The summed E-state index contributed by atoms with van der Waals surface area (Å²) in [7, 11) is 13.3. The van der Waals surface area contributed by atoms with Gasteiger partial charge < -0.3 is 36.2 Å². The lowest BCUT2D eigenvalue weighted by molar-refractivity contribution is -0.121. The molecule has 3 aromatic carbocycles. The van der Waals surface area contributed by atoms with E-state index in [1.165, 1.54) is 41.6 Å². The summed E-state index contributed by atoms with van der Waals surface area (Å²) in [5, 5.41) is 13.5. The van der Waals surface area contributed by atoms with E-state index in [-0.39, 0.29) is 17.7 Å². The standard InChI is InChI=1S/C17H25N3O.C16H21N3O.C8H11N3O.C8H15NO/c1-12(2)13-4-8-15(9-5-13)19-20-16-10-6-14(7-11-16)17(21)18-3;1-17-16(20)10-4-6-14-12(8-10)13-9-11(19(2)3)5-7-15(13)18-14;1-10-8(12)6-2-4-7(11-9)5-3-6;1-9(2)7-3-5-8(10)6-4-7/h6-7,10-13,20H,4-5,8-9H2,1-3H3,(H,18,21);4,6,8,11,18H,5,7,9H2,1-3H3,(H,17,20);2-5,11H,9H2,1H3,(H,10,12);7H,3-6H2,1-2H3. The van der Waals surface area contributed by atoms with Gasteiger partial charge in [-0.3, -0.25) is 30.4 Å². The van der Waals surface area contributed by atoms with Crippen molar-refractivity contribution in [1.29, 1.82) is 0 Å². The highest BCUT2D eigenvalue weighted by atomic mass is 16.2. The van der Waals surface area contributed by atoms with Crippen molar-refractivity contribution in [2.75, 3.05) is 60.2 Å². The van der Waals surface area contributed by atoms with Crippen LogP contribution in [-0.4, -0.2) is 105 Å². The van der Waals surface area contributed by atoms with Gasteiger partial charge in [-0.25, -0.2) is 0 Å². The number of aromatic amines is 1. The lowest BCUT2D eigenvalue weighted by atomic mass is 9.81. The van der Waals surface area contributed by atoms with Gasteiger partial charge in [0, 0.05) is 90.8 Å². The molecule has 0 saturated heterocycles. The number of benzene rings is 3. The average molecular weight is 865 g/mol. The van der Waals surface area contributed by atoms with Gasteiger partial charge in [0.1, 0.15) is 5.78 Å². The number of hydrazone groups is 1. The molecule has 1 aromatic heterocycles. The maximum absolute atomic E-state index is 11.8. The van der Waals surface area contributed by atoms with E-state index >= 15 is 0 Å². The van der Waals surface area contributed by atoms with E-state index in [9.17, 15) is 19.2 Å². The minimum atomic E-state index is -0.0985. The Bertz CT molecular complexity index is 2110. The highest BCUT2D eigenvalue weighted by Crippen LogP contribution is 2.31. The Labute approximate surface area is 374 Å². The summed E-state index contributed by atoms with van der Waals surface area (Å²) in [6, 6.07) is 21.4.